The Hall–Kier alpha value is -1.04. The highest BCUT2D eigenvalue weighted by atomic mass is 32.2. The van der Waals surface area contributed by atoms with Gasteiger partial charge in [-0.05, 0) is 0 Å². The molecule has 1 unspecified atom stereocenters. The van der Waals surface area contributed by atoms with Crippen LogP contribution in [-0.4, -0.2) is 26.5 Å². The zero-order valence-corrected chi connectivity index (χ0v) is 11.4. The first-order valence-corrected chi connectivity index (χ1v) is 6.50. The number of aliphatic carboxylic acids is 1. The normalized spacial score (nSPS) is 13.6. The molecule has 96 valence electrons. The first-order chi connectivity index (χ1) is 7.79. The lowest BCUT2D eigenvalue weighted by Crippen LogP contribution is -2.11. The summed E-state index contributed by atoms with van der Waals surface area (Å²) in [6.45, 7) is 7.89. The van der Waals surface area contributed by atoms with Crippen molar-refractivity contribution in [1.29, 1.82) is 0 Å². The molecule has 1 aromatic heterocycles. The van der Waals surface area contributed by atoms with Gasteiger partial charge in [-0.2, -0.15) is 4.98 Å². The van der Waals surface area contributed by atoms with Gasteiger partial charge in [-0.15, -0.1) is 11.8 Å². The molecule has 0 fully saturated rings. The Balaban J connectivity index is 2.48. The predicted molar refractivity (Wildman–Crippen MR) is 66.0 cm³/mol. The largest absolute Gasteiger partial charge is 0.481 e. The number of nitrogens with zero attached hydrogens (tertiary/aromatic N) is 2. The molecule has 0 amide bonds. The minimum Gasteiger partial charge on any atom is -0.481 e. The molecule has 1 rings (SSSR count). The van der Waals surface area contributed by atoms with E-state index in [4.69, 9.17) is 9.63 Å². The van der Waals surface area contributed by atoms with Gasteiger partial charge in [0.1, 0.15) is 0 Å². The summed E-state index contributed by atoms with van der Waals surface area (Å²) >= 11 is 1.52. The molecule has 1 atom stereocenters. The fourth-order valence-electron chi connectivity index (χ4n) is 1.14. The van der Waals surface area contributed by atoms with Crippen molar-refractivity contribution < 1.29 is 14.4 Å². The maximum Gasteiger partial charge on any atom is 0.304 e. The van der Waals surface area contributed by atoms with Gasteiger partial charge in [0.25, 0.3) is 0 Å². The summed E-state index contributed by atoms with van der Waals surface area (Å²) in [6, 6.07) is 0. The first kappa shape index (κ1) is 14.0. The maximum atomic E-state index is 10.5. The molecular formula is C11H18N2O3S. The Morgan fingerprint density at radius 1 is 1.53 bits per heavy atom. The molecule has 1 N–H and O–H groups in total. The van der Waals surface area contributed by atoms with Gasteiger partial charge < -0.3 is 9.63 Å². The van der Waals surface area contributed by atoms with Crippen LogP contribution >= 0.6 is 11.8 Å². The average Bonchev–Trinajstić information content (AvgIpc) is 2.61. The van der Waals surface area contributed by atoms with Crippen LogP contribution < -0.4 is 0 Å². The summed E-state index contributed by atoms with van der Waals surface area (Å²) in [5.41, 5.74) is -0.150. The summed E-state index contributed by atoms with van der Waals surface area (Å²) in [6.07, 6.45) is 0.147. The lowest BCUT2D eigenvalue weighted by Gasteiger charge is -2.10. The van der Waals surface area contributed by atoms with Crippen molar-refractivity contribution in [3.63, 3.8) is 0 Å². The topological polar surface area (TPSA) is 76.2 Å². The number of carbonyl (C=O) groups is 1. The second-order valence-corrected chi connectivity index (χ2v) is 6.41. The summed E-state index contributed by atoms with van der Waals surface area (Å²) in [7, 11) is 0. The third kappa shape index (κ3) is 4.77. The lowest BCUT2D eigenvalue weighted by molar-refractivity contribution is -0.136. The van der Waals surface area contributed by atoms with Crippen molar-refractivity contribution in [3.05, 3.63) is 11.7 Å². The monoisotopic (exact) mass is 258 g/mol. The molecular weight excluding hydrogens is 240 g/mol. The van der Waals surface area contributed by atoms with E-state index in [9.17, 15) is 4.79 Å². The standard InChI is InChI=1S/C11H18N2O3S/c1-7(5-9(14)15)17-6-8-12-10(16-13-8)11(2,3)4/h7H,5-6H2,1-4H3,(H,14,15). The Labute approximate surface area is 105 Å². The van der Waals surface area contributed by atoms with Crippen LogP contribution in [0.1, 0.15) is 45.8 Å². The van der Waals surface area contributed by atoms with E-state index in [1.807, 2.05) is 27.7 Å². The number of thioether (sulfide) groups is 1. The van der Waals surface area contributed by atoms with Crippen LogP contribution in [0, 0.1) is 0 Å². The van der Waals surface area contributed by atoms with Crippen molar-refractivity contribution in [2.24, 2.45) is 0 Å². The van der Waals surface area contributed by atoms with Crippen LogP contribution in [0.3, 0.4) is 0 Å². The fraction of sp³-hybridized carbons (Fsp3) is 0.727. The second-order valence-electron chi connectivity index (χ2n) is 4.99. The van der Waals surface area contributed by atoms with E-state index in [1.165, 1.54) is 11.8 Å². The smallest absolute Gasteiger partial charge is 0.304 e. The highest BCUT2D eigenvalue weighted by molar-refractivity contribution is 7.99. The number of rotatable bonds is 5. The molecule has 0 aliphatic carbocycles. The Morgan fingerprint density at radius 2 is 2.18 bits per heavy atom. The van der Waals surface area contributed by atoms with Gasteiger partial charge >= 0.3 is 5.97 Å². The van der Waals surface area contributed by atoms with E-state index in [2.05, 4.69) is 10.1 Å². The van der Waals surface area contributed by atoms with Gasteiger partial charge in [0.15, 0.2) is 5.82 Å². The summed E-state index contributed by atoms with van der Waals surface area (Å²) in [4.78, 5) is 14.8. The van der Waals surface area contributed by atoms with E-state index >= 15 is 0 Å². The third-order valence-corrected chi connectivity index (χ3v) is 3.23. The highest BCUT2D eigenvalue weighted by Gasteiger charge is 2.21. The molecule has 0 aliphatic heterocycles. The predicted octanol–water partition coefficient (Wildman–Crippen LogP) is 2.46. The fourth-order valence-corrected chi connectivity index (χ4v) is 1.95. The number of carboxylic acid groups (broad SMARTS) is 1. The van der Waals surface area contributed by atoms with Gasteiger partial charge in [0.2, 0.25) is 5.89 Å². The quantitative estimate of drug-likeness (QED) is 0.874. The van der Waals surface area contributed by atoms with E-state index in [-0.39, 0.29) is 17.1 Å². The Bertz CT molecular complexity index is 384. The van der Waals surface area contributed by atoms with Crippen molar-refractivity contribution >= 4 is 17.7 Å². The molecule has 0 radical (unpaired) electrons. The van der Waals surface area contributed by atoms with Gasteiger partial charge in [-0.1, -0.05) is 32.9 Å². The second kappa shape index (κ2) is 5.53. The van der Waals surface area contributed by atoms with Crippen molar-refractivity contribution in [2.45, 2.75) is 50.5 Å². The molecule has 0 aromatic carbocycles. The molecule has 0 spiro atoms. The SMILES string of the molecule is CC(CC(=O)O)SCc1noc(C(C)(C)C)n1. The van der Waals surface area contributed by atoms with Crippen LogP contribution in [0.4, 0.5) is 0 Å². The zero-order chi connectivity index (χ0) is 13.1. The van der Waals surface area contributed by atoms with E-state index < -0.39 is 5.97 Å². The van der Waals surface area contributed by atoms with Crippen LogP contribution in [-0.2, 0) is 16.0 Å². The van der Waals surface area contributed by atoms with Gasteiger partial charge in [-0.3, -0.25) is 4.79 Å². The van der Waals surface area contributed by atoms with Crippen molar-refractivity contribution in [1.82, 2.24) is 10.1 Å². The molecule has 1 heterocycles. The van der Waals surface area contributed by atoms with Gasteiger partial charge in [0.05, 0.1) is 12.2 Å². The van der Waals surface area contributed by atoms with Crippen molar-refractivity contribution in [2.75, 3.05) is 0 Å². The van der Waals surface area contributed by atoms with E-state index in [1.54, 1.807) is 0 Å². The molecule has 1 aromatic rings. The van der Waals surface area contributed by atoms with E-state index in [0.29, 0.717) is 17.5 Å². The molecule has 0 bridgehead atoms. The third-order valence-electron chi connectivity index (χ3n) is 2.07. The zero-order valence-electron chi connectivity index (χ0n) is 10.6. The minimum atomic E-state index is -0.784. The van der Waals surface area contributed by atoms with Crippen LogP contribution in [0.25, 0.3) is 0 Å². The van der Waals surface area contributed by atoms with Crippen LogP contribution in [0.5, 0.6) is 0 Å². The Morgan fingerprint density at radius 3 is 2.65 bits per heavy atom. The molecule has 17 heavy (non-hydrogen) atoms. The molecule has 0 saturated heterocycles. The number of aromatic nitrogens is 2. The Kier molecular flexibility index (Phi) is 4.56. The number of carboxylic acids is 1. The van der Waals surface area contributed by atoms with Crippen LogP contribution in [0.15, 0.2) is 4.52 Å². The number of hydrogen-bond acceptors (Lipinski definition) is 5. The summed E-state index contributed by atoms with van der Waals surface area (Å²) < 4.78 is 5.15. The van der Waals surface area contributed by atoms with Gasteiger partial charge in [-0.25, -0.2) is 0 Å². The average molecular weight is 258 g/mol. The molecule has 6 heteroatoms. The summed E-state index contributed by atoms with van der Waals surface area (Å²) in [5.74, 6) is 1.03. The van der Waals surface area contributed by atoms with Gasteiger partial charge in [0, 0.05) is 10.7 Å². The minimum absolute atomic E-state index is 0.0455. The maximum absolute atomic E-state index is 10.5. The molecule has 0 aliphatic rings. The molecule has 0 saturated carbocycles. The van der Waals surface area contributed by atoms with Crippen molar-refractivity contribution in [3.8, 4) is 0 Å². The summed E-state index contributed by atoms with van der Waals surface area (Å²) in [5, 5.41) is 12.6. The van der Waals surface area contributed by atoms with Crippen LogP contribution in [0.2, 0.25) is 0 Å². The lowest BCUT2D eigenvalue weighted by atomic mass is 9.97. The first-order valence-electron chi connectivity index (χ1n) is 5.45. The molecule has 5 nitrogen and oxygen atoms in total. The number of hydrogen-bond donors (Lipinski definition) is 1. The highest BCUT2D eigenvalue weighted by Crippen LogP contribution is 2.22. The van der Waals surface area contributed by atoms with E-state index in [0.717, 1.165) is 0 Å².